The number of halogens is 5. The molecular weight excluding hydrogens is 322 g/mol. The summed E-state index contributed by atoms with van der Waals surface area (Å²) < 4.78 is 24.9. The summed E-state index contributed by atoms with van der Waals surface area (Å²) in [4.78, 5) is 3.71. The van der Waals surface area contributed by atoms with E-state index in [4.69, 9.17) is 23.2 Å². The second kappa shape index (κ2) is 4.02. The van der Waals surface area contributed by atoms with E-state index in [1.165, 1.54) is 0 Å². The van der Waals surface area contributed by atoms with Crippen molar-refractivity contribution in [1.29, 1.82) is 0 Å². The van der Waals surface area contributed by atoms with Crippen LogP contribution in [0.25, 0.3) is 0 Å². The molecule has 0 saturated heterocycles. The number of hydrogen-bond donors (Lipinski definition) is 0. The van der Waals surface area contributed by atoms with Gasteiger partial charge in [-0.05, 0) is 22.6 Å². The average Bonchev–Trinajstić information content (AvgIpc) is 1.97. The lowest BCUT2D eigenvalue weighted by atomic mass is 10.3. The first-order valence-electron chi connectivity index (χ1n) is 2.81. The fraction of sp³-hybridized carbons (Fsp3) is 0.167. The smallest absolute Gasteiger partial charge is 0.247 e. The summed E-state index contributed by atoms with van der Waals surface area (Å²) in [5.41, 5.74) is -0.349. The Morgan fingerprint density at radius 2 is 2.00 bits per heavy atom. The Hall–Kier alpha value is 0.320. The first-order chi connectivity index (χ1) is 5.54. The predicted octanol–water partition coefficient (Wildman–Crippen LogP) is 3.93. The topological polar surface area (TPSA) is 12.9 Å². The molecule has 1 nitrogen and oxygen atoms in total. The largest absolute Gasteiger partial charge is 0.266 e. The molecule has 1 rings (SSSR count). The number of nitrogens with zero attached hydrogens (tertiary/aromatic N) is 1. The third-order valence-electron chi connectivity index (χ3n) is 1.18. The minimum atomic E-state index is -2.67. The molecule has 0 aliphatic rings. The summed E-state index contributed by atoms with van der Waals surface area (Å²) in [6, 6.07) is 0. The summed E-state index contributed by atoms with van der Waals surface area (Å²) in [5.74, 6) is 0. The van der Waals surface area contributed by atoms with Gasteiger partial charge in [0.05, 0.1) is 15.6 Å². The van der Waals surface area contributed by atoms with Gasteiger partial charge in [-0.3, -0.25) is 0 Å². The zero-order chi connectivity index (χ0) is 9.30. The standard InChI is InChI=1S/C6H2Cl2F2IN/c7-2-1-12-6(11)4(8)3(2)5(9)10/h1,5H. The molecular formula is C6H2Cl2F2IN. The molecule has 0 bridgehead atoms. The van der Waals surface area contributed by atoms with Gasteiger partial charge in [0.1, 0.15) is 3.70 Å². The van der Waals surface area contributed by atoms with Crippen molar-refractivity contribution in [1.82, 2.24) is 4.98 Å². The Morgan fingerprint density at radius 1 is 1.42 bits per heavy atom. The third-order valence-corrected chi connectivity index (χ3v) is 3.00. The zero-order valence-corrected chi connectivity index (χ0v) is 9.16. The molecule has 66 valence electrons. The van der Waals surface area contributed by atoms with Gasteiger partial charge in [-0.25, -0.2) is 13.8 Å². The number of aromatic nitrogens is 1. The lowest BCUT2D eigenvalue weighted by Gasteiger charge is -2.05. The van der Waals surface area contributed by atoms with Gasteiger partial charge in [0.15, 0.2) is 0 Å². The van der Waals surface area contributed by atoms with Crippen molar-refractivity contribution < 1.29 is 8.78 Å². The Morgan fingerprint density at radius 3 is 2.42 bits per heavy atom. The van der Waals surface area contributed by atoms with Crippen molar-refractivity contribution in [2.75, 3.05) is 0 Å². The summed E-state index contributed by atoms with van der Waals surface area (Å²) >= 11 is 12.8. The zero-order valence-electron chi connectivity index (χ0n) is 5.49. The Balaban J connectivity index is 3.33. The van der Waals surface area contributed by atoms with E-state index in [-0.39, 0.29) is 15.6 Å². The average molecular weight is 324 g/mol. The first-order valence-corrected chi connectivity index (χ1v) is 4.65. The van der Waals surface area contributed by atoms with Gasteiger partial charge in [-0.15, -0.1) is 0 Å². The van der Waals surface area contributed by atoms with Crippen LogP contribution >= 0.6 is 45.8 Å². The maximum Gasteiger partial charge on any atom is 0.266 e. The molecule has 0 saturated carbocycles. The fourth-order valence-electron chi connectivity index (χ4n) is 0.656. The van der Waals surface area contributed by atoms with Crippen LogP contribution in [0.1, 0.15) is 12.0 Å². The van der Waals surface area contributed by atoms with Crippen LogP contribution < -0.4 is 0 Å². The van der Waals surface area contributed by atoms with Crippen molar-refractivity contribution in [3.8, 4) is 0 Å². The number of hydrogen-bond acceptors (Lipinski definition) is 1. The summed E-state index contributed by atoms with van der Waals surface area (Å²) in [6.45, 7) is 0. The highest BCUT2D eigenvalue weighted by atomic mass is 127. The Kier molecular flexibility index (Phi) is 3.48. The van der Waals surface area contributed by atoms with Gasteiger partial charge in [-0.1, -0.05) is 23.2 Å². The normalized spacial score (nSPS) is 10.8. The van der Waals surface area contributed by atoms with Crippen LogP contribution in [0, 0.1) is 3.70 Å². The van der Waals surface area contributed by atoms with E-state index in [1.807, 2.05) is 0 Å². The van der Waals surface area contributed by atoms with E-state index in [0.717, 1.165) is 6.20 Å². The van der Waals surface area contributed by atoms with Crippen LogP contribution in [-0.2, 0) is 0 Å². The van der Waals surface area contributed by atoms with E-state index in [2.05, 4.69) is 4.98 Å². The SMILES string of the molecule is FC(F)c1c(Cl)cnc(I)c1Cl. The van der Waals surface area contributed by atoms with E-state index in [9.17, 15) is 8.78 Å². The Bertz CT molecular complexity index is 306. The molecule has 0 unspecified atom stereocenters. The third kappa shape index (κ3) is 1.97. The minimum Gasteiger partial charge on any atom is -0.247 e. The molecule has 0 radical (unpaired) electrons. The van der Waals surface area contributed by atoms with Gasteiger partial charge in [0.25, 0.3) is 6.43 Å². The monoisotopic (exact) mass is 323 g/mol. The molecule has 0 fully saturated rings. The predicted molar refractivity (Wildman–Crippen MR) is 51.9 cm³/mol. The number of pyridine rings is 1. The van der Waals surface area contributed by atoms with Crippen LogP contribution in [0.3, 0.4) is 0 Å². The number of rotatable bonds is 1. The van der Waals surface area contributed by atoms with Crippen LogP contribution in [0.15, 0.2) is 6.20 Å². The highest BCUT2D eigenvalue weighted by Crippen LogP contribution is 2.34. The van der Waals surface area contributed by atoms with Gasteiger partial charge < -0.3 is 0 Å². The molecule has 0 amide bonds. The van der Waals surface area contributed by atoms with Crippen LogP contribution in [0.4, 0.5) is 8.78 Å². The molecule has 0 spiro atoms. The quantitative estimate of drug-likeness (QED) is 0.563. The van der Waals surface area contributed by atoms with Crippen molar-refractivity contribution >= 4 is 45.8 Å². The lowest BCUT2D eigenvalue weighted by Crippen LogP contribution is -1.93. The molecule has 0 N–H and O–H groups in total. The lowest BCUT2D eigenvalue weighted by molar-refractivity contribution is 0.151. The van der Waals surface area contributed by atoms with Crippen LogP contribution in [0.5, 0.6) is 0 Å². The van der Waals surface area contributed by atoms with Gasteiger partial charge >= 0.3 is 0 Å². The van der Waals surface area contributed by atoms with Crippen molar-refractivity contribution in [3.05, 3.63) is 25.5 Å². The molecule has 1 aromatic heterocycles. The molecule has 0 atom stereocenters. The fourth-order valence-corrected chi connectivity index (χ4v) is 1.59. The maximum atomic E-state index is 12.3. The molecule has 6 heteroatoms. The summed E-state index contributed by atoms with van der Waals surface area (Å²) in [7, 11) is 0. The minimum absolute atomic E-state index is 0.0712. The van der Waals surface area contributed by atoms with Crippen molar-refractivity contribution in [3.63, 3.8) is 0 Å². The molecule has 0 aliphatic heterocycles. The van der Waals surface area contributed by atoms with Gasteiger partial charge in [-0.2, -0.15) is 0 Å². The highest BCUT2D eigenvalue weighted by molar-refractivity contribution is 14.1. The van der Waals surface area contributed by atoms with Crippen LogP contribution in [-0.4, -0.2) is 4.98 Å². The second-order valence-electron chi connectivity index (χ2n) is 1.93. The summed E-state index contributed by atoms with van der Waals surface area (Å²) in [5, 5.41) is -0.173. The van der Waals surface area contributed by atoms with E-state index in [0.29, 0.717) is 3.70 Å². The Labute approximate surface area is 91.2 Å². The first kappa shape index (κ1) is 10.4. The van der Waals surface area contributed by atoms with E-state index in [1.54, 1.807) is 22.6 Å². The second-order valence-corrected chi connectivity index (χ2v) is 3.73. The summed E-state index contributed by atoms with van der Waals surface area (Å²) in [6.07, 6.45) is -1.50. The van der Waals surface area contributed by atoms with Crippen molar-refractivity contribution in [2.45, 2.75) is 6.43 Å². The van der Waals surface area contributed by atoms with Crippen LogP contribution in [0.2, 0.25) is 10.0 Å². The van der Waals surface area contributed by atoms with Crippen molar-refractivity contribution in [2.24, 2.45) is 0 Å². The number of alkyl halides is 2. The molecule has 0 aliphatic carbocycles. The molecule has 1 heterocycles. The maximum absolute atomic E-state index is 12.3. The van der Waals surface area contributed by atoms with E-state index >= 15 is 0 Å². The van der Waals surface area contributed by atoms with E-state index < -0.39 is 6.43 Å². The molecule has 1 aromatic rings. The highest BCUT2D eigenvalue weighted by Gasteiger charge is 2.18. The molecule has 0 aromatic carbocycles. The molecule has 12 heavy (non-hydrogen) atoms. The van der Waals surface area contributed by atoms with Gasteiger partial charge in [0.2, 0.25) is 0 Å². The van der Waals surface area contributed by atoms with Gasteiger partial charge in [0, 0.05) is 6.20 Å².